The molecule has 0 heterocycles. The topological polar surface area (TPSA) is 52.3 Å². The largest absolute Gasteiger partial charge is 0.461 e. The lowest BCUT2D eigenvalue weighted by Crippen LogP contribution is -2.52. The summed E-state index contributed by atoms with van der Waals surface area (Å²) in [7, 11) is 0. The fourth-order valence-corrected chi connectivity index (χ4v) is 2.25. The molecule has 1 unspecified atom stereocenters. The van der Waals surface area contributed by atoms with Gasteiger partial charge in [-0.1, -0.05) is 20.3 Å². The predicted octanol–water partition coefficient (Wildman–Crippen LogP) is 2.63. The summed E-state index contributed by atoms with van der Waals surface area (Å²) < 4.78 is 5.40. The van der Waals surface area contributed by atoms with Gasteiger partial charge in [-0.2, -0.15) is 0 Å². The van der Waals surface area contributed by atoms with Crippen LogP contribution in [0.4, 0.5) is 0 Å². The molecule has 0 aliphatic heterocycles. The molecule has 0 saturated heterocycles. The molecule has 1 saturated carbocycles. The Morgan fingerprint density at radius 2 is 2.06 bits per heavy atom. The molecular weight excluding hydrogens is 202 g/mol. The van der Waals surface area contributed by atoms with Crippen LogP contribution >= 0.6 is 0 Å². The highest BCUT2D eigenvalue weighted by atomic mass is 16.5. The smallest absolute Gasteiger partial charge is 0.326 e. The molecule has 94 valence electrons. The minimum atomic E-state index is -0.714. The van der Waals surface area contributed by atoms with E-state index in [0.29, 0.717) is 5.92 Å². The second-order valence-electron chi connectivity index (χ2n) is 5.34. The lowest BCUT2D eigenvalue weighted by molar-refractivity contribution is -0.156. The Morgan fingerprint density at radius 1 is 1.50 bits per heavy atom. The highest BCUT2D eigenvalue weighted by Crippen LogP contribution is 2.31. The van der Waals surface area contributed by atoms with Gasteiger partial charge < -0.3 is 10.5 Å². The second-order valence-corrected chi connectivity index (χ2v) is 5.34. The highest BCUT2D eigenvalue weighted by Gasteiger charge is 2.39. The van der Waals surface area contributed by atoms with E-state index in [2.05, 4.69) is 13.8 Å². The summed E-state index contributed by atoms with van der Waals surface area (Å²) in [4.78, 5) is 12.0. The monoisotopic (exact) mass is 227 g/mol. The quantitative estimate of drug-likeness (QED) is 0.751. The van der Waals surface area contributed by atoms with Crippen molar-refractivity contribution >= 4 is 5.97 Å². The SMILES string of the molecule is CCCC(C)OC(=O)C1(N)CCC(C)CC1. The minimum absolute atomic E-state index is 0.00252. The maximum Gasteiger partial charge on any atom is 0.326 e. The van der Waals surface area contributed by atoms with Gasteiger partial charge in [0.1, 0.15) is 5.54 Å². The molecular formula is C13H25NO2. The predicted molar refractivity (Wildman–Crippen MR) is 65.0 cm³/mol. The molecule has 3 nitrogen and oxygen atoms in total. The van der Waals surface area contributed by atoms with Crippen LogP contribution in [0.5, 0.6) is 0 Å². The summed E-state index contributed by atoms with van der Waals surface area (Å²) in [5.41, 5.74) is 5.42. The molecule has 0 radical (unpaired) electrons. The van der Waals surface area contributed by atoms with Gasteiger partial charge in [-0.25, -0.2) is 0 Å². The van der Waals surface area contributed by atoms with Gasteiger partial charge in [-0.3, -0.25) is 4.79 Å². The number of hydrogen-bond acceptors (Lipinski definition) is 3. The van der Waals surface area contributed by atoms with Gasteiger partial charge in [-0.05, 0) is 44.9 Å². The average molecular weight is 227 g/mol. The Hall–Kier alpha value is -0.570. The molecule has 16 heavy (non-hydrogen) atoms. The number of esters is 1. The molecule has 3 heteroatoms. The summed E-state index contributed by atoms with van der Waals surface area (Å²) in [6.07, 6.45) is 5.55. The molecule has 0 aromatic carbocycles. The summed E-state index contributed by atoms with van der Waals surface area (Å²) in [5.74, 6) is 0.498. The molecule has 0 aromatic rings. The Kier molecular flexibility index (Phi) is 4.78. The maximum absolute atomic E-state index is 12.0. The molecule has 2 N–H and O–H groups in total. The molecule has 1 aliphatic rings. The molecule has 1 rings (SSSR count). The van der Waals surface area contributed by atoms with E-state index in [4.69, 9.17) is 10.5 Å². The third kappa shape index (κ3) is 3.48. The van der Waals surface area contributed by atoms with Crippen molar-refractivity contribution in [1.29, 1.82) is 0 Å². The molecule has 0 aromatic heterocycles. The van der Waals surface area contributed by atoms with Crippen LogP contribution < -0.4 is 5.73 Å². The van der Waals surface area contributed by atoms with Crippen molar-refractivity contribution in [2.75, 3.05) is 0 Å². The number of nitrogens with two attached hydrogens (primary N) is 1. The minimum Gasteiger partial charge on any atom is -0.461 e. The Labute approximate surface area is 98.7 Å². The van der Waals surface area contributed by atoms with Crippen LogP contribution in [0.3, 0.4) is 0 Å². The zero-order chi connectivity index (χ0) is 12.2. The van der Waals surface area contributed by atoms with Crippen LogP contribution in [0.1, 0.15) is 59.3 Å². The van der Waals surface area contributed by atoms with E-state index in [0.717, 1.165) is 38.5 Å². The van der Waals surface area contributed by atoms with Crippen molar-refractivity contribution in [3.63, 3.8) is 0 Å². The van der Waals surface area contributed by atoms with E-state index in [9.17, 15) is 4.79 Å². The van der Waals surface area contributed by atoms with Gasteiger partial charge >= 0.3 is 5.97 Å². The van der Waals surface area contributed by atoms with Crippen LogP contribution in [0, 0.1) is 5.92 Å². The van der Waals surface area contributed by atoms with Crippen LogP contribution in [0.25, 0.3) is 0 Å². The molecule has 0 bridgehead atoms. The van der Waals surface area contributed by atoms with Crippen molar-refractivity contribution in [3.8, 4) is 0 Å². The van der Waals surface area contributed by atoms with Crippen LogP contribution in [0.15, 0.2) is 0 Å². The first-order valence-electron chi connectivity index (χ1n) is 6.48. The summed E-state index contributed by atoms with van der Waals surface area (Å²) in [5, 5.41) is 0. The molecule has 0 amide bonds. The van der Waals surface area contributed by atoms with Crippen LogP contribution in [-0.4, -0.2) is 17.6 Å². The standard InChI is InChI=1S/C13H25NO2/c1-4-5-11(3)16-12(15)13(14)8-6-10(2)7-9-13/h10-11H,4-9,14H2,1-3H3. The third-order valence-corrected chi connectivity index (χ3v) is 3.58. The number of rotatable bonds is 4. The molecule has 0 spiro atoms. The van der Waals surface area contributed by atoms with Gasteiger partial charge in [0, 0.05) is 0 Å². The van der Waals surface area contributed by atoms with Crippen molar-refractivity contribution in [2.24, 2.45) is 11.7 Å². The zero-order valence-corrected chi connectivity index (χ0v) is 10.8. The first kappa shape index (κ1) is 13.5. The maximum atomic E-state index is 12.0. The van der Waals surface area contributed by atoms with E-state index in [1.807, 2.05) is 6.92 Å². The number of carbonyl (C=O) groups excluding carboxylic acids is 1. The van der Waals surface area contributed by atoms with Crippen molar-refractivity contribution in [2.45, 2.75) is 70.9 Å². The summed E-state index contributed by atoms with van der Waals surface area (Å²) in [6.45, 7) is 6.24. The first-order valence-corrected chi connectivity index (χ1v) is 6.48. The Bertz CT molecular complexity index is 232. The van der Waals surface area contributed by atoms with Crippen molar-refractivity contribution < 1.29 is 9.53 Å². The normalized spacial score (nSPS) is 32.1. The molecule has 1 aliphatic carbocycles. The summed E-state index contributed by atoms with van der Waals surface area (Å²) >= 11 is 0. The van der Waals surface area contributed by atoms with Crippen molar-refractivity contribution in [1.82, 2.24) is 0 Å². The van der Waals surface area contributed by atoms with Gasteiger partial charge in [0.05, 0.1) is 6.10 Å². The molecule has 1 atom stereocenters. The lowest BCUT2D eigenvalue weighted by atomic mass is 9.78. The first-order chi connectivity index (χ1) is 7.48. The lowest BCUT2D eigenvalue weighted by Gasteiger charge is -2.34. The van der Waals surface area contributed by atoms with E-state index in [1.54, 1.807) is 0 Å². The van der Waals surface area contributed by atoms with Crippen molar-refractivity contribution in [3.05, 3.63) is 0 Å². The fourth-order valence-electron chi connectivity index (χ4n) is 2.25. The Balaban J connectivity index is 2.46. The number of hydrogen-bond donors (Lipinski definition) is 1. The zero-order valence-electron chi connectivity index (χ0n) is 10.8. The van der Waals surface area contributed by atoms with Gasteiger partial charge in [0.15, 0.2) is 0 Å². The van der Waals surface area contributed by atoms with E-state index < -0.39 is 5.54 Å². The third-order valence-electron chi connectivity index (χ3n) is 3.58. The number of ether oxygens (including phenoxy) is 1. The second kappa shape index (κ2) is 5.67. The van der Waals surface area contributed by atoms with Crippen LogP contribution in [-0.2, 0) is 9.53 Å². The van der Waals surface area contributed by atoms with Gasteiger partial charge in [0.2, 0.25) is 0 Å². The number of carbonyl (C=O) groups is 1. The van der Waals surface area contributed by atoms with Crippen LogP contribution in [0.2, 0.25) is 0 Å². The Morgan fingerprint density at radius 3 is 2.56 bits per heavy atom. The van der Waals surface area contributed by atoms with Gasteiger partial charge in [0.25, 0.3) is 0 Å². The van der Waals surface area contributed by atoms with E-state index >= 15 is 0 Å². The molecule has 1 fully saturated rings. The van der Waals surface area contributed by atoms with Gasteiger partial charge in [-0.15, -0.1) is 0 Å². The van der Waals surface area contributed by atoms with E-state index in [-0.39, 0.29) is 12.1 Å². The average Bonchev–Trinajstić information content (AvgIpc) is 2.23. The highest BCUT2D eigenvalue weighted by molar-refractivity contribution is 5.80. The van der Waals surface area contributed by atoms with E-state index in [1.165, 1.54) is 0 Å². The summed E-state index contributed by atoms with van der Waals surface area (Å²) in [6, 6.07) is 0. The fraction of sp³-hybridized carbons (Fsp3) is 0.923.